The van der Waals surface area contributed by atoms with E-state index in [0.717, 1.165) is 5.69 Å². The average molecular weight is 231 g/mol. The van der Waals surface area contributed by atoms with Crippen molar-refractivity contribution in [1.82, 2.24) is 15.0 Å². The van der Waals surface area contributed by atoms with Gasteiger partial charge in [0.2, 0.25) is 5.88 Å². The van der Waals surface area contributed by atoms with Gasteiger partial charge in [0.1, 0.15) is 17.4 Å². The molecule has 0 bridgehead atoms. The van der Waals surface area contributed by atoms with Crippen LogP contribution in [-0.4, -0.2) is 15.0 Å². The van der Waals surface area contributed by atoms with Crippen LogP contribution in [0.15, 0.2) is 24.4 Å². The number of pyridine rings is 1. The zero-order valence-corrected chi connectivity index (χ0v) is 9.64. The summed E-state index contributed by atoms with van der Waals surface area (Å²) in [6.07, 6.45) is 1.64. The maximum absolute atomic E-state index is 5.55. The van der Waals surface area contributed by atoms with Gasteiger partial charge >= 0.3 is 0 Å². The number of rotatable bonds is 3. The quantitative estimate of drug-likeness (QED) is 0.616. The second-order valence-corrected chi connectivity index (χ2v) is 3.52. The van der Waals surface area contributed by atoms with Crippen molar-refractivity contribution in [3.8, 4) is 11.6 Å². The minimum Gasteiger partial charge on any atom is -0.437 e. The Morgan fingerprint density at radius 1 is 1.24 bits per heavy atom. The van der Waals surface area contributed by atoms with E-state index in [1.165, 1.54) is 0 Å². The first kappa shape index (κ1) is 11.3. The van der Waals surface area contributed by atoms with Crippen molar-refractivity contribution >= 4 is 5.82 Å². The number of nitrogens with one attached hydrogen (secondary N) is 1. The fraction of sp³-hybridized carbons (Fsp3) is 0.182. The highest BCUT2D eigenvalue weighted by Gasteiger charge is 2.03. The Morgan fingerprint density at radius 2 is 2.06 bits per heavy atom. The first-order valence-corrected chi connectivity index (χ1v) is 5.10. The van der Waals surface area contributed by atoms with E-state index >= 15 is 0 Å². The summed E-state index contributed by atoms with van der Waals surface area (Å²) in [6.45, 7) is 3.68. The lowest BCUT2D eigenvalue weighted by Gasteiger charge is -2.07. The van der Waals surface area contributed by atoms with E-state index in [2.05, 4.69) is 20.4 Å². The molecule has 2 aromatic heterocycles. The Kier molecular flexibility index (Phi) is 3.15. The molecule has 6 heteroatoms. The number of nitrogens with zero attached hydrogens (tertiary/aromatic N) is 3. The van der Waals surface area contributed by atoms with Crippen LogP contribution in [-0.2, 0) is 0 Å². The summed E-state index contributed by atoms with van der Waals surface area (Å²) in [5.74, 6) is 7.43. The molecule has 0 aliphatic rings. The Bertz CT molecular complexity index is 512. The Balaban J connectivity index is 2.23. The van der Waals surface area contributed by atoms with Crippen LogP contribution in [0.3, 0.4) is 0 Å². The third kappa shape index (κ3) is 2.88. The minimum absolute atomic E-state index is 0.427. The lowest BCUT2D eigenvalue weighted by molar-refractivity contribution is 0.458. The van der Waals surface area contributed by atoms with Gasteiger partial charge in [-0.15, -0.1) is 0 Å². The summed E-state index contributed by atoms with van der Waals surface area (Å²) in [5.41, 5.74) is 3.39. The van der Waals surface area contributed by atoms with E-state index in [0.29, 0.717) is 23.3 Å². The first-order valence-electron chi connectivity index (χ1n) is 5.10. The first-order chi connectivity index (χ1) is 8.17. The van der Waals surface area contributed by atoms with Crippen LogP contribution in [0.4, 0.5) is 5.82 Å². The molecule has 0 spiro atoms. The fourth-order valence-corrected chi connectivity index (χ4v) is 1.30. The van der Waals surface area contributed by atoms with Gasteiger partial charge in [0.15, 0.2) is 0 Å². The highest BCUT2D eigenvalue weighted by atomic mass is 16.5. The normalized spacial score (nSPS) is 10.1. The van der Waals surface area contributed by atoms with E-state index in [4.69, 9.17) is 10.6 Å². The lowest BCUT2D eigenvalue weighted by atomic mass is 10.4. The Hall–Kier alpha value is -2.21. The van der Waals surface area contributed by atoms with E-state index in [1.54, 1.807) is 19.2 Å². The molecule has 0 saturated heterocycles. The smallest absolute Gasteiger partial charge is 0.224 e. The molecule has 0 amide bonds. The number of aromatic nitrogens is 3. The standard InChI is InChI=1S/C11H13N5O/c1-7-3-4-9(6-13-7)17-11-5-10(16-12)14-8(2)15-11/h3-6H,12H2,1-2H3,(H,14,15,16). The van der Waals surface area contributed by atoms with Gasteiger partial charge in [-0.05, 0) is 26.0 Å². The van der Waals surface area contributed by atoms with E-state index < -0.39 is 0 Å². The van der Waals surface area contributed by atoms with Gasteiger partial charge in [0.05, 0.1) is 6.20 Å². The molecule has 2 rings (SSSR count). The second-order valence-electron chi connectivity index (χ2n) is 3.52. The van der Waals surface area contributed by atoms with E-state index in [-0.39, 0.29) is 0 Å². The van der Waals surface area contributed by atoms with Crippen molar-refractivity contribution < 1.29 is 4.74 Å². The van der Waals surface area contributed by atoms with Gasteiger partial charge in [0.25, 0.3) is 0 Å². The number of ether oxygens (including phenoxy) is 1. The van der Waals surface area contributed by atoms with Crippen LogP contribution in [0.1, 0.15) is 11.5 Å². The molecule has 0 aromatic carbocycles. The molecule has 0 fully saturated rings. The molecule has 0 radical (unpaired) electrons. The summed E-state index contributed by atoms with van der Waals surface area (Å²) >= 11 is 0. The van der Waals surface area contributed by atoms with Crippen molar-refractivity contribution in [3.05, 3.63) is 35.9 Å². The predicted molar refractivity (Wildman–Crippen MR) is 63.6 cm³/mol. The summed E-state index contributed by atoms with van der Waals surface area (Å²) < 4.78 is 5.55. The number of hydrogen-bond acceptors (Lipinski definition) is 6. The third-order valence-electron chi connectivity index (χ3n) is 2.07. The van der Waals surface area contributed by atoms with Gasteiger partial charge in [-0.25, -0.2) is 10.8 Å². The number of nitrogen functional groups attached to an aromatic ring is 1. The Morgan fingerprint density at radius 3 is 2.71 bits per heavy atom. The molecule has 0 aliphatic carbocycles. The lowest BCUT2D eigenvalue weighted by Crippen LogP contribution is -2.09. The van der Waals surface area contributed by atoms with Crippen LogP contribution < -0.4 is 16.0 Å². The highest BCUT2D eigenvalue weighted by Crippen LogP contribution is 2.20. The number of hydrazine groups is 1. The molecule has 3 N–H and O–H groups in total. The monoisotopic (exact) mass is 231 g/mol. The van der Waals surface area contributed by atoms with Crippen molar-refractivity contribution in [3.63, 3.8) is 0 Å². The topological polar surface area (TPSA) is 86.0 Å². The number of anilines is 1. The maximum atomic E-state index is 5.55. The van der Waals surface area contributed by atoms with Crippen molar-refractivity contribution in [2.75, 3.05) is 5.43 Å². The van der Waals surface area contributed by atoms with Gasteiger partial charge in [-0.1, -0.05) is 0 Å². The number of hydrogen-bond donors (Lipinski definition) is 2. The molecule has 2 heterocycles. The molecule has 88 valence electrons. The Labute approximate surface area is 98.9 Å². The largest absolute Gasteiger partial charge is 0.437 e. The number of nitrogens with two attached hydrogens (primary N) is 1. The van der Waals surface area contributed by atoms with Crippen molar-refractivity contribution in [2.24, 2.45) is 5.84 Å². The average Bonchev–Trinajstić information content (AvgIpc) is 2.31. The molecule has 0 atom stereocenters. The SMILES string of the molecule is Cc1ccc(Oc2cc(NN)nc(C)n2)cn1. The summed E-state index contributed by atoms with van der Waals surface area (Å²) in [4.78, 5) is 12.3. The van der Waals surface area contributed by atoms with E-state index in [9.17, 15) is 0 Å². The maximum Gasteiger partial charge on any atom is 0.224 e. The molecular formula is C11H13N5O. The highest BCUT2D eigenvalue weighted by molar-refractivity contribution is 5.38. The fourth-order valence-electron chi connectivity index (χ4n) is 1.30. The van der Waals surface area contributed by atoms with Crippen molar-refractivity contribution in [1.29, 1.82) is 0 Å². The second kappa shape index (κ2) is 4.75. The van der Waals surface area contributed by atoms with Crippen LogP contribution >= 0.6 is 0 Å². The van der Waals surface area contributed by atoms with Crippen LogP contribution in [0.25, 0.3) is 0 Å². The summed E-state index contributed by atoms with van der Waals surface area (Å²) in [6, 6.07) is 5.31. The molecule has 0 aliphatic heterocycles. The molecule has 0 unspecified atom stereocenters. The van der Waals surface area contributed by atoms with Gasteiger partial charge in [-0.2, -0.15) is 4.98 Å². The van der Waals surface area contributed by atoms with Gasteiger partial charge in [-0.3, -0.25) is 4.98 Å². The minimum atomic E-state index is 0.427. The van der Waals surface area contributed by atoms with Crippen LogP contribution in [0, 0.1) is 13.8 Å². The van der Waals surface area contributed by atoms with Gasteiger partial charge < -0.3 is 10.2 Å². The molecule has 6 nitrogen and oxygen atoms in total. The van der Waals surface area contributed by atoms with E-state index in [1.807, 2.05) is 19.1 Å². The van der Waals surface area contributed by atoms with Crippen molar-refractivity contribution in [2.45, 2.75) is 13.8 Å². The predicted octanol–water partition coefficient (Wildman–Crippen LogP) is 1.57. The zero-order valence-electron chi connectivity index (χ0n) is 9.64. The molecular weight excluding hydrogens is 218 g/mol. The summed E-state index contributed by atoms with van der Waals surface area (Å²) in [7, 11) is 0. The van der Waals surface area contributed by atoms with Crippen LogP contribution in [0.5, 0.6) is 11.6 Å². The van der Waals surface area contributed by atoms with Gasteiger partial charge in [0, 0.05) is 11.8 Å². The zero-order chi connectivity index (χ0) is 12.3. The molecule has 17 heavy (non-hydrogen) atoms. The molecule has 0 saturated carbocycles. The number of aryl methyl sites for hydroxylation is 2. The molecule has 2 aromatic rings. The summed E-state index contributed by atoms with van der Waals surface area (Å²) in [5, 5.41) is 0. The van der Waals surface area contributed by atoms with Crippen LogP contribution in [0.2, 0.25) is 0 Å². The third-order valence-corrected chi connectivity index (χ3v) is 2.07.